The van der Waals surface area contributed by atoms with E-state index in [0.717, 1.165) is 45.6 Å². The highest BCUT2D eigenvalue weighted by molar-refractivity contribution is 5.82. The summed E-state index contributed by atoms with van der Waals surface area (Å²) in [6.45, 7) is 8.19. The maximum atomic E-state index is 12.2. The number of piperidine rings is 1. The van der Waals surface area contributed by atoms with E-state index in [0.29, 0.717) is 23.7 Å². The maximum Gasteiger partial charge on any atom is 0.137 e. The highest BCUT2D eigenvalue weighted by atomic mass is 16.5. The van der Waals surface area contributed by atoms with Crippen LogP contribution in [0.15, 0.2) is 0 Å². The first kappa shape index (κ1) is 16.0. The van der Waals surface area contributed by atoms with Gasteiger partial charge in [0.2, 0.25) is 0 Å². The number of ketones is 1. The number of ether oxygens (including phenoxy) is 1. The monoisotopic (exact) mass is 281 g/mol. The van der Waals surface area contributed by atoms with Gasteiger partial charge < -0.3 is 4.74 Å². The Kier molecular flexibility index (Phi) is 6.50. The molecule has 2 rings (SSSR count). The summed E-state index contributed by atoms with van der Waals surface area (Å²) in [6, 6.07) is 0.499. The highest BCUT2D eigenvalue weighted by Crippen LogP contribution is 2.31. The summed E-state index contributed by atoms with van der Waals surface area (Å²) in [5.74, 6) is 1.44. The molecule has 3 nitrogen and oxygen atoms in total. The van der Waals surface area contributed by atoms with Gasteiger partial charge in [0, 0.05) is 31.5 Å². The lowest BCUT2D eigenvalue weighted by molar-refractivity contribution is -0.128. The molecule has 116 valence electrons. The van der Waals surface area contributed by atoms with Crippen LogP contribution in [-0.2, 0) is 9.53 Å². The van der Waals surface area contributed by atoms with E-state index in [9.17, 15) is 4.79 Å². The Bertz CT molecular complexity index is 303. The first-order valence-electron chi connectivity index (χ1n) is 8.53. The molecule has 3 heteroatoms. The summed E-state index contributed by atoms with van der Waals surface area (Å²) in [6.07, 6.45) is 8.07. The zero-order valence-corrected chi connectivity index (χ0v) is 13.3. The molecule has 0 aromatic carbocycles. The van der Waals surface area contributed by atoms with Gasteiger partial charge in [-0.05, 0) is 38.1 Å². The van der Waals surface area contributed by atoms with Gasteiger partial charge in [0.05, 0.1) is 6.61 Å². The minimum Gasteiger partial charge on any atom is -0.380 e. The molecule has 0 radical (unpaired) electrons. The molecule has 0 aromatic heterocycles. The molecule has 1 heterocycles. The summed E-state index contributed by atoms with van der Waals surface area (Å²) in [4.78, 5) is 14.7. The van der Waals surface area contributed by atoms with E-state index in [1.807, 2.05) is 0 Å². The van der Waals surface area contributed by atoms with E-state index in [4.69, 9.17) is 4.74 Å². The van der Waals surface area contributed by atoms with E-state index in [1.54, 1.807) is 0 Å². The molecule has 20 heavy (non-hydrogen) atoms. The number of Topliss-reactive ketones (excluding diaryl/α,β-unsaturated/α-hetero) is 1. The fraction of sp³-hybridized carbons (Fsp3) is 0.941. The van der Waals surface area contributed by atoms with Crippen LogP contribution in [0.2, 0.25) is 0 Å². The Morgan fingerprint density at radius 3 is 2.75 bits per heavy atom. The van der Waals surface area contributed by atoms with E-state index in [-0.39, 0.29) is 0 Å². The first-order valence-corrected chi connectivity index (χ1v) is 8.53. The minimum absolute atomic E-state index is 0.314. The van der Waals surface area contributed by atoms with E-state index >= 15 is 0 Å². The Hall–Kier alpha value is -0.410. The van der Waals surface area contributed by atoms with E-state index in [2.05, 4.69) is 18.7 Å². The maximum absolute atomic E-state index is 12.2. The third kappa shape index (κ3) is 4.56. The second-order valence-electron chi connectivity index (χ2n) is 6.89. The lowest BCUT2D eigenvalue weighted by Crippen LogP contribution is -2.48. The molecule has 2 atom stereocenters. The number of nitrogens with zero attached hydrogens (tertiary/aromatic N) is 1. The number of rotatable bonds is 6. The SMILES string of the molecule is CC(C)COCCN1CCCCC1C1CCCCC1=O. The van der Waals surface area contributed by atoms with Crippen molar-refractivity contribution in [2.45, 2.75) is 64.8 Å². The lowest BCUT2D eigenvalue weighted by Gasteiger charge is -2.41. The van der Waals surface area contributed by atoms with Gasteiger partial charge in [-0.1, -0.05) is 26.7 Å². The Morgan fingerprint density at radius 1 is 1.20 bits per heavy atom. The Morgan fingerprint density at radius 2 is 2.00 bits per heavy atom. The van der Waals surface area contributed by atoms with Crippen LogP contribution >= 0.6 is 0 Å². The predicted molar refractivity (Wildman–Crippen MR) is 81.8 cm³/mol. The number of likely N-dealkylation sites (tertiary alicyclic amines) is 1. The molecular formula is C17H31NO2. The topological polar surface area (TPSA) is 29.5 Å². The van der Waals surface area contributed by atoms with Crippen molar-refractivity contribution in [1.29, 1.82) is 0 Å². The van der Waals surface area contributed by atoms with Crippen LogP contribution in [0.25, 0.3) is 0 Å². The number of hydrogen-bond acceptors (Lipinski definition) is 3. The van der Waals surface area contributed by atoms with Gasteiger partial charge in [0.25, 0.3) is 0 Å². The van der Waals surface area contributed by atoms with Crippen LogP contribution in [0.4, 0.5) is 0 Å². The molecule has 2 unspecified atom stereocenters. The number of carbonyl (C=O) groups excluding carboxylic acids is 1. The van der Waals surface area contributed by atoms with Crippen molar-refractivity contribution in [1.82, 2.24) is 4.90 Å². The van der Waals surface area contributed by atoms with Crippen LogP contribution in [0.3, 0.4) is 0 Å². The standard InChI is InChI=1S/C17H31NO2/c1-14(2)13-20-12-11-18-10-6-5-8-16(18)15-7-3-4-9-17(15)19/h14-16H,3-13H2,1-2H3. The quantitative estimate of drug-likeness (QED) is 0.700. The molecule has 0 N–H and O–H groups in total. The van der Waals surface area contributed by atoms with Gasteiger partial charge in [-0.3, -0.25) is 9.69 Å². The predicted octanol–water partition coefficient (Wildman–Crippen LogP) is 3.27. The number of hydrogen-bond donors (Lipinski definition) is 0. The fourth-order valence-corrected chi connectivity index (χ4v) is 3.67. The highest BCUT2D eigenvalue weighted by Gasteiger charge is 2.34. The lowest BCUT2D eigenvalue weighted by atomic mass is 9.79. The molecule has 0 amide bonds. The van der Waals surface area contributed by atoms with Crippen molar-refractivity contribution < 1.29 is 9.53 Å². The Labute approximate surface area is 124 Å². The molecule has 0 aromatic rings. The molecule has 0 bridgehead atoms. The Balaban J connectivity index is 1.83. The molecule has 1 aliphatic carbocycles. The molecular weight excluding hydrogens is 250 g/mol. The molecule has 1 saturated heterocycles. The summed E-state index contributed by atoms with van der Waals surface area (Å²) >= 11 is 0. The van der Waals surface area contributed by atoms with Crippen molar-refractivity contribution in [2.24, 2.45) is 11.8 Å². The van der Waals surface area contributed by atoms with E-state index in [1.165, 1.54) is 25.7 Å². The first-order chi connectivity index (χ1) is 9.68. The average Bonchev–Trinajstić information content (AvgIpc) is 2.44. The molecule has 2 fully saturated rings. The summed E-state index contributed by atoms with van der Waals surface area (Å²) in [7, 11) is 0. The van der Waals surface area contributed by atoms with Crippen LogP contribution < -0.4 is 0 Å². The van der Waals surface area contributed by atoms with Gasteiger partial charge in [-0.25, -0.2) is 0 Å². The van der Waals surface area contributed by atoms with Crippen LogP contribution in [0.5, 0.6) is 0 Å². The van der Waals surface area contributed by atoms with Gasteiger partial charge >= 0.3 is 0 Å². The molecule has 0 spiro atoms. The fourth-order valence-electron chi connectivity index (χ4n) is 3.67. The summed E-state index contributed by atoms with van der Waals surface area (Å²) < 4.78 is 5.73. The summed E-state index contributed by atoms with van der Waals surface area (Å²) in [5.41, 5.74) is 0. The van der Waals surface area contributed by atoms with Gasteiger partial charge in [-0.2, -0.15) is 0 Å². The molecule has 1 saturated carbocycles. The van der Waals surface area contributed by atoms with Gasteiger partial charge in [-0.15, -0.1) is 0 Å². The van der Waals surface area contributed by atoms with Crippen molar-refractivity contribution in [3.8, 4) is 0 Å². The zero-order valence-electron chi connectivity index (χ0n) is 13.3. The number of carbonyl (C=O) groups is 1. The third-order valence-corrected chi connectivity index (χ3v) is 4.70. The van der Waals surface area contributed by atoms with Crippen LogP contribution in [0.1, 0.15) is 58.8 Å². The van der Waals surface area contributed by atoms with Crippen molar-refractivity contribution in [2.75, 3.05) is 26.3 Å². The second kappa shape index (κ2) is 8.14. The van der Waals surface area contributed by atoms with Crippen molar-refractivity contribution in [3.63, 3.8) is 0 Å². The average molecular weight is 281 g/mol. The zero-order chi connectivity index (χ0) is 14.4. The second-order valence-corrected chi connectivity index (χ2v) is 6.89. The van der Waals surface area contributed by atoms with Gasteiger partial charge in [0.1, 0.15) is 5.78 Å². The smallest absolute Gasteiger partial charge is 0.137 e. The molecule has 2 aliphatic rings. The van der Waals surface area contributed by atoms with Crippen LogP contribution in [0, 0.1) is 11.8 Å². The summed E-state index contributed by atoms with van der Waals surface area (Å²) in [5, 5.41) is 0. The van der Waals surface area contributed by atoms with Gasteiger partial charge in [0.15, 0.2) is 0 Å². The van der Waals surface area contributed by atoms with Crippen LogP contribution in [-0.4, -0.2) is 43.0 Å². The minimum atomic E-state index is 0.314. The third-order valence-electron chi connectivity index (χ3n) is 4.70. The molecule has 1 aliphatic heterocycles. The largest absolute Gasteiger partial charge is 0.380 e. The normalized spacial score (nSPS) is 29.1. The van der Waals surface area contributed by atoms with E-state index < -0.39 is 0 Å². The van der Waals surface area contributed by atoms with Crippen molar-refractivity contribution >= 4 is 5.78 Å². The van der Waals surface area contributed by atoms with Crippen molar-refractivity contribution in [3.05, 3.63) is 0 Å².